The Labute approximate surface area is 94.0 Å². The van der Waals surface area contributed by atoms with Gasteiger partial charge in [-0.15, -0.1) is 0 Å². The van der Waals surface area contributed by atoms with Gasteiger partial charge in [0.15, 0.2) is 5.96 Å². The molecule has 3 heteroatoms. The second kappa shape index (κ2) is 5.99. The fraction of sp³-hybridized carbons (Fsp3) is 0.917. The topological polar surface area (TPSA) is 27.6 Å². The fourth-order valence-electron chi connectivity index (χ4n) is 2.73. The summed E-state index contributed by atoms with van der Waals surface area (Å²) in [5.74, 6) is 2.80. The molecule has 1 atom stereocenters. The van der Waals surface area contributed by atoms with Gasteiger partial charge in [0.1, 0.15) is 0 Å². The molecule has 0 unspecified atom stereocenters. The van der Waals surface area contributed by atoms with Crippen LogP contribution in [0.25, 0.3) is 0 Å². The largest absolute Gasteiger partial charge is 0.359 e. The van der Waals surface area contributed by atoms with Crippen molar-refractivity contribution in [1.29, 1.82) is 0 Å². The first-order chi connectivity index (χ1) is 7.26. The third kappa shape index (κ3) is 2.86. The molecule has 0 spiro atoms. The van der Waals surface area contributed by atoms with Crippen LogP contribution in [0.5, 0.6) is 0 Å². The molecule has 0 radical (unpaired) electrons. The fourth-order valence-corrected chi connectivity index (χ4v) is 2.73. The average molecular weight is 211 g/mol. The molecular weight excluding hydrogens is 186 g/mol. The number of guanidine groups is 1. The van der Waals surface area contributed by atoms with E-state index in [0.29, 0.717) is 0 Å². The molecule has 1 saturated heterocycles. The summed E-state index contributed by atoms with van der Waals surface area (Å²) in [5.41, 5.74) is 0. The lowest BCUT2D eigenvalue weighted by atomic mass is 9.87. The van der Waals surface area contributed by atoms with Crippen molar-refractivity contribution in [3.63, 3.8) is 0 Å². The Morgan fingerprint density at radius 3 is 2.60 bits per heavy atom. The molecule has 0 aliphatic carbocycles. The summed E-state index contributed by atoms with van der Waals surface area (Å²) in [6.07, 6.45) is 3.95. The minimum Gasteiger partial charge on any atom is -0.359 e. The maximum Gasteiger partial charge on any atom is 0.193 e. The van der Waals surface area contributed by atoms with Crippen LogP contribution in [0.1, 0.15) is 33.1 Å². The lowest BCUT2D eigenvalue weighted by molar-refractivity contribution is 0.319. The van der Waals surface area contributed by atoms with E-state index in [1.165, 1.54) is 25.8 Å². The summed E-state index contributed by atoms with van der Waals surface area (Å²) in [4.78, 5) is 6.64. The number of hydrogen-bond donors (Lipinski definition) is 1. The first-order valence-electron chi connectivity index (χ1n) is 6.16. The highest BCUT2D eigenvalue weighted by Crippen LogP contribution is 2.28. The molecule has 0 aromatic rings. The van der Waals surface area contributed by atoms with E-state index >= 15 is 0 Å². The van der Waals surface area contributed by atoms with Gasteiger partial charge in [-0.1, -0.05) is 26.7 Å². The highest BCUT2D eigenvalue weighted by Gasteiger charge is 2.28. The lowest BCUT2D eigenvalue weighted by Crippen LogP contribution is -2.38. The van der Waals surface area contributed by atoms with Crippen molar-refractivity contribution >= 4 is 5.96 Å². The Hall–Kier alpha value is -0.730. The second-order valence-electron chi connectivity index (χ2n) is 4.37. The van der Waals surface area contributed by atoms with Crippen LogP contribution < -0.4 is 5.32 Å². The van der Waals surface area contributed by atoms with Gasteiger partial charge in [0.25, 0.3) is 0 Å². The third-order valence-electron chi connectivity index (χ3n) is 3.68. The van der Waals surface area contributed by atoms with E-state index in [1.807, 2.05) is 14.1 Å². The third-order valence-corrected chi connectivity index (χ3v) is 3.68. The predicted molar refractivity (Wildman–Crippen MR) is 66.2 cm³/mol. The zero-order chi connectivity index (χ0) is 11.3. The minimum absolute atomic E-state index is 0.866. The number of rotatable bonds is 3. The first kappa shape index (κ1) is 12.3. The van der Waals surface area contributed by atoms with Crippen molar-refractivity contribution < 1.29 is 0 Å². The minimum atomic E-state index is 0.866. The summed E-state index contributed by atoms with van der Waals surface area (Å²) in [7, 11) is 3.81. The zero-order valence-corrected chi connectivity index (χ0v) is 10.6. The molecule has 1 aliphatic heterocycles. The quantitative estimate of drug-likeness (QED) is 0.571. The van der Waals surface area contributed by atoms with Crippen LogP contribution in [0.4, 0.5) is 0 Å². The summed E-state index contributed by atoms with van der Waals surface area (Å²) in [6, 6.07) is 0. The smallest absolute Gasteiger partial charge is 0.193 e. The van der Waals surface area contributed by atoms with Gasteiger partial charge in [0.2, 0.25) is 0 Å². The lowest BCUT2D eigenvalue weighted by Gasteiger charge is -2.23. The van der Waals surface area contributed by atoms with E-state index in [2.05, 4.69) is 29.1 Å². The maximum absolute atomic E-state index is 4.27. The summed E-state index contributed by atoms with van der Waals surface area (Å²) in [6.45, 7) is 6.96. The van der Waals surface area contributed by atoms with Gasteiger partial charge >= 0.3 is 0 Å². The molecule has 1 aliphatic rings. The molecule has 3 nitrogen and oxygen atoms in total. The number of hydrogen-bond acceptors (Lipinski definition) is 1. The predicted octanol–water partition coefficient (Wildman–Crippen LogP) is 1.95. The zero-order valence-electron chi connectivity index (χ0n) is 10.6. The molecular formula is C12H25N3. The van der Waals surface area contributed by atoms with Crippen molar-refractivity contribution in [3.8, 4) is 0 Å². The molecule has 0 amide bonds. The average Bonchev–Trinajstić information content (AvgIpc) is 2.71. The van der Waals surface area contributed by atoms with Gasteiger partial charge in [-0.05, 0) is 18.3 Å². The summed E-state index contributed by atoms with van der Waals surface area (Å²) < 4.78 is 0. The summed E-state index contributed by atoms with van der Waals surface area (Å²) >= 11 is 0. The van der Waals surface area contributed by atoms with Crippen molar-refractivity contribution in [3.05, 3.63) is 0 Å². The van der Waals surface area contributed by atoms with Crippen molar-refractivity contribution in [2.75, 3.05) is 27.2 Å². The van der Waals surface area contributed by atoms with Gasteiger partial charge < -0.3 is 10.2 Å². The second-order valence-corrected chi connectivity index (χ2v) is 4.37. The van der Waals surface area contributed by atoms with E-state index in [4.69, 9.17) is 0 Å². The molecule has 88 valence electrons. The molecule has 0 aromatic heterocycles. The van der Waals surface area contributed by atoms with Gasteiger partial charge in [-0.2, -0.15) is 0 Å². The van der Waals surface area contributed by atoms with Gasteiger partial charge in [0.05, 0.1) is 0 Å². The molecule has 1 fully saturated rings. The Bertz CT molecular complexity index is 209. The molecule has 1 heterocycles. The molecule has 1 rings (SSSR count). The Balaban J connectivity index is 2.51. The van der Waals surface area contributed by atoms with E-state index in [0.717, 1.165) is 24.3 Å². The van der Waals surface area contributed by atoms with Crippen LogP contribution >= 0.6 is 0 Å². The van der Waals surface area contributed by atoms with Crippen LogP contribution in [0.15, 0.2) is 4.99 Å². The number of likely N-dealkylation sites (tertiary alicyclic amines) is 1. The Morgan fingerprint density at radius 1 is 1.47 bits per heavy atom. The highest BCUT2D eigenvalue weighted by atomic mass is 15.3. The number of nitrogens with one attached hydrogen (secondary N) is 1. The molecule has 1 N–H and O–H groups in total. The monoisotopic (exact) mass is 211 g/mol. The van der Waals surface area contributed by atoms with Crippen LogP contribution in [0, 0.1) is 11.8 Å². The SMILES string of the molecule is CCC(CC)[C@H]1CCN(C(=NC)NC)C1. The molecule has 0 saturated carbocycles. The van der Waals surface area contributed by atoms with E-state index in [-0.39, 0.29) is 0 Å². The van der Waals surface area contributed by atoms with E-state index in [1.54, 1.807) is 0 Å². The van der Waals surface area contributed by atoms with Crippen LogP contribution in [0.3, 0.4) is 0 Å². The standard InChI is InChI=1S/C12H25N3/c1-5-10(6-2)11-7-8-15(9-11)12(13-3)14-4/h10-11H,5-9H2,1-4H3,(H,13,14)/t11-/m0/s1. The van der Waals surface area contributed by atoms with E-state index in [9.17, 15) is 0 Å². The Morgan fingerprint density at radius 2 is 2.13 bits per heavy atom. The van der Waals surface area contributed by atoms with Gasteiger partial charge in [-0.3, -0.25) is 4.99 Å². The first-order valence-corrected chi connectivity index (χ1v) is 6.16. The van der Waals surface area contributed by atoms with Crippen molar-refractivity contribution in [2.45, 2.75) is 33.1 Å². The van der Waals surface area contributed by atoms with E-state index < -0.39 is 0 Å². The number of nitrogens with zero attached hydrogens (tertiary/aromatic N) is 2. The van der Waals surface area contributed by atoms with Crippen LogP contribution in [-0.4, -0.2) is 38.0 Å². The normalized spacial score (nSPS) is 22.6. The molecule has 0 bridgehead atoms. The van der Waals surface area contributed by atoms with Crippen LogP contribution in [-0.2, 0) is 0 Å². The summed E-state index contributed by atoms with van der Waals surface area (Å²) in [5, 5.41) is 3.17. The molecule has 0 aromatic carbocycles. The van der Waals surface area contributed by atoms with Crippen molar-refractivity contribution in [2.24, 2.45) is 16.8 Å². The number of aliphatic imine (C=N–C) groups is 1. The van der Waals surface area contributed by atoms with Gasteiger partial charge in [-0.25, -0.2) is 0 Å². The molecule has 15 heavy (non-hydrogen) atoms. The highest BCUT2D eigenvalue weighted by molar-refractivity contribution is 5.79. The van der Waals surface area contributed by atoms with Crippen molar-refractivity contribution in [1.82, 2.24) is 10.2 Å². The maximum atomic E-state index is 4.27. The van der Waals surface area contributed by atoms with Crippen LogP contribution in [0.2, 0.25) is 0 Å². The van der Waals surface area contributed by atoms with Gasteiger partial charge in [0, 0.05) is 27.2 Å². The Kier molecular flexibility index (Phi) is 4.92.